The molecule has 1 aliphatic rings. The van der Waals surface area contributed by atoms with Crippen molar-refractivity contribution in [1.82, 2.24) is 9.71 Å². The fraction of sp³-hybridized carbons (Fsp3) is 0.250. The van der Waals surface area contributed by atoms with Crippen LogP contribution in [0.15, 0.2) is 62.7 Å². The first-order chi connectivity index (χ1) is 14.1. The minimum Gasteiger partial charge on any atom is -0.441 e. The van der Waals surface area contributed by atoms with Gasteiger partial charge in [-0.2, -0.15) is 0 Å². The molecule has 4 rings (SSSR count). The van der Waals surface area contributed by atoms with Crippen molar-refractivity contribution in [3.63, 3.8) is 0 Å². The maximum atomic E-state index is 12.7. The van der Waals surface area contributed by atoms with Crippen molar-refractivity contribution < 1.29 is 21.3 Å². The molecule has 0 amide bonds. The lowest BCUT2D eigenvalue weighted by atomic mass is 10.2. The van der Waals surface area contributed by atoms with Crippen LogP contribution in [0.2, 0.25) is 0 Å². The minimum atomic E-state index is -3.90. The summed E-state index contributed by atoms with van der Waals surface area (Å²) < 4.78 is 60.6. The van der Waals surface area contributed by atoms with Gasteiger partial charge >= 0.3 is 0 Å². The van der Waals surface area contributed by atoms with E-state index < -0.39 is 20.0 Å². The van der Waals surface area contributed by atoms with E-state index in [0.717, 1.165) is 18.5 Å². The molecule has 30 heavy (non-hydrogen) atoms. The molecule has 0 bridgehead atoms. The Morgan fingerprint density at radius 2 is 1.57 bits per heavy atom. The molecule has 0 radical (unpaired) electrons. The third-order valence-corrected chi connectivity index (χ3v) is 7.67. The highest BCUT2D eigenvalue weighted by molar-refractivity contribution is 7.92. The van der Waals surface area contributed by atoms with E-state index >= 15 is 0 Å². The summed E-state index contributed by atoms with van der Waals surface area (Å²) in [6, 6.07) is 11.8. The zero-order chi connectivity index (χ0) is 21.5. The topological polar surface area (TPSA) is 118 Å². The number of anilines is 1. The summed E-state index contributed by atoms with van der Waals surface area (Å²) in [6.07, 6.45) is 1.64. The van der Waals surface area contributed by atoms with Crippen LogP contribution < -0.4 is 9.44 Å². The molecule has 3 aromatic rings. The lowest BCUT2D eigenvalue weighted by Gasteiger charge is -2.10. The molecule has 0 atom stereocenters. The largest absolute Gasteiger partial charge is 0.441 e. The Hall–Kier alpha value is -2.69. The second-order valence-electron chi connectivity index (χ2n) is 7.21. The van der Waals surface area contributed by atoms with Crippen LogP contribution in [0.4, 0.5) is 5.69 Å². The van der Waals surface area contributed by atoms with Gasteiger partial charge in [-0.05, 0) is 69.2 Å². The smallest absolute Gasteiger partial charge is 0.261 e. The number of oxazole rings is 1. The Morgan fingerprint density at radius 3 is 2.13 bits per heavy atom. The third kappa shape index (κ3) is 4.40. The molecule has 8 nitrogen and oxygen atoms in total. The lowest BCUT2D eigenvalue weighted by Crippen LogP contribution is -2.25. The van der Waals surface area contributed by atoms with E-state index in [4.69, 9.17) is 4.42 Å². The second-order valence-corrected chi connectivity index (χ2v) is 10.6. The van der Waals surface area contributed by atoms with E-state index in [1.807, 2.05) is 13.8 Å². The Labute approximate surface area is 175 Å². The first-order valence-electron chi connectivity index (χ1n) is 9.34. The standard InChI is InChI=1S/C20H21N3O5S2/c1-13-14(2)28-20(21-13)15-4-3-5-17(12-15)23-30(26,27)19-10-8-18(9-11-19)29(24,25)22-16-6-7-16/h3-5,8-12,16,22-23H,6-7H2,1-2H3. The van der Waals surface area contributed by atoms with Crippen molar-refractivity contribution >= 4 is 25.7 Å². The number of nitrogens with one attached hydrogen (secondary N) is 2. The molecule has 0 unspecified atom stereocenters. The Bertz CT molecular complexity index is 1270. The zero-order valence-corrected chi connectivity index (χ0v) is 18.0. The Balaban J connectivity index is 1.55. The average Bonchev–Trinajstić information content (AvgIpc) is 3.43. The lowest BCUT2D eigenvalue weighted by molar-refractivity contribution is 0.541. The van der Waals surface area contributed by atoms with Gasteiger partial charge < -0.3 is 4.42 Å². The summed E-state index contributed by atoms with van der Waals surface area (Å²) in [4.78, 5) is 4.32. The van der Waals surface area contributed by atoms with Gasteiger partial charge in [0.05, 0.1) is 15.5 Å². The number of rotatable bonds is 7. The quantitative estimate of drug-likeness (QED) is 0.574. The van der Waals surface area contributed by atoms with Gasteiger partial charge in [0.15, 0.2) is 0 Å². The van der Waals surface area contributed by atoms with Crippen LogP contribution in [-0.2, 0) is 20.0 Å². The number of aryl methyl sites for hydroxylation is 2. The van der Waals surface area contributed by atoms with E-state index in [9.17, 15) is 16.8 Å². The van der Waals surface area contributed by atoms with Crippen LogP contribution in [0.5, 0.6) is 0 Å². The molecule has 0 saturated heterocycles. The summed E-state index contributed by atoms with van der Waals surface area (Å²) in [5.41, 5.74) is 1.74. The number of hydrogen-bond donors (Lipinski definition) is 2. The highest BCUT2D eigenvalue weighted by Gasteiger charge is 2.28. The number of nitrogens with zero attached hydrogens (tertiary/aromatic N) is 1. The van der Waals surface area contributed by atoms with Gasteiger partial charge in [0, 0.05) is 17.3 Å². The van der Waals surface area contributed by atoms with Gasteiger partial charge in [-0.1, -0.05) is 6.07 Å². The molecule has 2 aromatic carbocycles. The first kappa shape index (κ1) is 20.6. The Kier molecular flexibility index (Phi) is 5.16. The van der Waals surface area contributed by atoms with Gasteiger partial charge in [-0.15, -0.1) is 0 Å². The molecule has 158 valence electrons. The molecule has 1 saturated carbocycles. The predicted octanol–water partition coefficient (Wildman–Crippen LogP) is 3.20. The van der Waals surface area contributed by atoms with Gasteiger partial charge in [0.2, 0.25) is 15.9 Å². The maximum absolute atomic E-state index is 12.7. The molecule has 0 aliphatic heterocycles. The summed E-state index contributed by atoms with van der Waals surface area (Å²) in [5, 5.41) is 0. The number of hydrogen-bond acceptors (Lipinski definition) is 6. The van der Waals surface area contributed by atoms with Crippen LogP contribution in [-0.4, -0.2) is 27.9 Å². The molecule has 1 fully saturated rings. The summed E-state index contributed by atoms with van der Waals surface area (Å²) in [7, 11) is -7.54. The summed E-state index contributed by atoms with van der Waals surface area (Å²) in [5.74, 6) is 1.10. The van der Waals surface area contributed by atoms with Crippen LogP contribution in [0, 0.1) is 13.8 Å². The molecule has 10 heteroatoms. The number of aromatic nitrogens is 1. The first-order valence-corrected chi connectivity index (χ1v) is 12.3. The van der Waals surface area contributed by atoms with Crippen molar-refractivity contribution in [2.45, 2.75) is 42.5 Å². The fourth-order valence-corrected chi connectivity index (χ4v) is 5.17. The van der Waals surface area contributed by atoms with Crippen LogP contribution in [0.3, 0.4) is 0 Å². The zero-order valence-electron chi connectivity index (χ0n) is 16.4. The van der Waals surface area contributed by atoms with E-state index in [2.05, 4.69) is 14.4 Å². The van der Waals surface area contributed by atoms with E-state index in [1.54, 1.807) is 24.3 Å². The summed E-state index contributed by atoms with van der Waals surface area (Å²) >= 11 is 0. The van der Waals surface area contributed by atoms with Crippen LogP contribution in [0.25, 0.3) is 11.5 Å². The molecule has 0 spiro atoms. The van der Waals surface area contributed by atoms with E-state index in [1.165, 1.54) is 24.3 Å². The van der Waals surface area contributed by atoms with E-state index in [0.29, 0.717) is 22.9 Å². The van der Waals surface area contributed by atoms with Crippen molar-refractivity contribution in [2.24, 2.45) is 0 Å². The second kappa shape index (κ2) is 7.53. The van der Waals surface area contributed by atoms with Crippen molar-refractivity contribution in [3.05, 3.63) is 60.0 Å². The minimum absolute atomic E-state index is 0.0245. The maximum Gasteiger partial charge on any atom is 0.261 e. The molecular formula is C20H21N3O5S2. The van der Waals surface area contributed by atoms with Gasteiger partial charge in [0.1, 0.15) is 5.76 Å². The average molecular weight is 448 g/mol. The van der Waals surface area contributed by atoms with E-state index in [-0.39, 0.29) is 15.8 Å². The van der Waals surface area contributed by atoms with Crippen molar-refractivity contribution in [1.29, 1.82) is 0 Å². The number of sulfonamides is 2. The molecular weight excluding hydrogens is 426 g/mol. The Morgan fingerprint density at radius 1 is 0.933 bits per heavy atom. The van der Waals surface area contributed by atoms with Crippen LogP contribution in [0.1, 0.15) is 24.3 Å². The van der Waals surface area contributed by atoms with Gasteiger partial charge in [0.25, 0.3) is 10.0 Å². The highest BCUT2D eigenvalue weighted by Crippen LogP contribution is 2.26. The summed E-state index contributed by atoms with van der Waals surface area (Å²) in [6.45, 7) is 3.64. The monoisotopic (exact) mass is 447 g/mol. The molecule has 1 aromatic heterocycles. The normalized spacial score (nSPS) is 14.6. The predicted molar refractivity (Wildman–Crippen MR) is 112 cm³/mol. The van der Waals surface area contributed by atoms with Crippen molar-refractivity contribution in [2.75, 3.05) is 4.72 Å². The molecule has 1 heterocycles. The fourth-order valence-electron chi connectivity index (χ4n) is 2.81. The third-order valence-electron chi connectivity index (χ3n) is 4.73. The number of benzene rings is 2. The highest BCUT2D eigenvalue weighted by atomic mass is 32.2. The van der Waals surface area contributed by atoms with Gasteiger partial charge in [-0.25, -0.2) is 26.5 Å². The van der Waals surface area contributed by atoms with Crippen LogP contribution >= 0.6 is 0 Å². The van der Waals surface area contributed by atoms with Crippen molar-refractivity contribution in [3.8, 4) is 11.5 Å². The molecule has 1 aliphatic carbocycles. The SMILES string of the molecule is Cc1nc(-c2cccc(NS(=O)(=O)c3ccc(S(=O)(=O)NC4CC4)cc3)c2)oc1C. The molecule has 2 N–H and O–H groups in total. The van der Waals surface area contributed by atoms with Gasteiger partial charge in [-0.3, -0.25) is 4.72 Å².